The highest BCUT2D eigenvalue weighted by Gasteiger charge is 2.27. The molecule has 1 unspecified atom stereocenters. The lowest BCUT2D eigenvalue weighted by Gasteiger charge is -1.99. The zero-order valence-electron chi connectivity index (χ0n) is 5.33. The quantitative estimate of drug-likeness (QED) is 0.562. The molecule has 0 radical (unpaired) electrons. The normalized spacial score (nSPS) is 34.8. The van der Waals surface area contributed by atoms with Gasteiger partial charge in [-0.15, -0.1) is 0 Å². The molecule has 1 heterocycles. The molecule has 0 aromatic rings. The van der Waals surface area contributed by atoms with Crippen LogP contribution in [0.1, 0.15) is 13.3 Å². The van der Waals surface area contributed by atoms with Crippen molar-refractivity contribution >= 4 is 5.97 Å². The molecule has 52 valence electrons. The molecule has 1 aliphatic rings. The summed E-state index contributed by atoms with van der Waals surface area (Å²) >= 11 is 0. The van der Waals surface area contributed by atoms with Crippen molar-refractivity contribution in [1.29, 1.82) is 0 Å². The van der Waals surface area contributed by atoms with Crippen LogP contribution in [0.3, 0.4) is 0 Å². The number of carboxylic acids is 1. The van der Waals surface area contributed by atoms with Crippen molar-refractivity contribution in [2.45, 2.75) is 19.4 Å². The fourth-order valence-corrected chi connectivity index (χ4v) is 0.954. The Morgan fingerprint density at radius 1 is 1.78 bits per heavy atom. The SMILES string of the molecule is C[C@@H]1COC(C(=O)O)C1. The van der Waals surface area contributed by atoms with Crippen LogP contribution in [0.25, 0.3) is 0 Å². The third kappa shape index (κ3) is 1.42. The van der Waals surface area contributed by atoms with E-state index in [1.807, 2.05) is 6.92 Å². The predicted molar refractivity (Wildman–Crippen MR) is 31.2 cm³/mol. The largest absolute Gasteiger partial charge is 0.479 e. The highest BCUT2D eigenvalue weighted by atomic mass is 16.5. The van der Waals surface area contributed by atoms with Crippen molar-refractivity contribution in [3.05, 3.63) is 0 Å². The number of ether oxygens (including phenoxy) is 1. The van der Waals surface area contributed by atoms with Gasteiger partial charge in [-0.25, -0.2) is 4.79 Å². The van der Waals surface area contributed by atoms with Crippen LogP contribution in [-0.4, -0.2) is 23.8 Å². The second-order valence-corrected chi connectivity index (χ2v) is 2.50. The third-order valence-corrected chi connectivity index (χ3v) is 1.47. The highest BCUT2D eigenvalue weighted by Crippen LogP contribution is 2.18. The van der Waals surface area contributed by atoms with Crippen molar-refractivity contribution in [2.24, 2.45) is 5.92 Å². The topological polar surface area (TPSA) is 46.5 Å². The first-order chi connectivity index (χ1) is 4.20. The van der Waals surface area contributed by atoms with Crippen LogP contribution >= 0.6 is 0 Å². The molecule has 1 N–H and O–H groups in total. The summed E-state index contributed by atoms with van der Waals surface area (Å²) in [6, 6.07) is 0. The van der Waals surface area contributed by atoms with Crippen molar-refractivity contribution in [1.82, 2.24) is 0 Å². The Morgan fingerprint density at radius 3 is 2.67 bits per heavy atom. The molecular formula is C6H10O3. The first-order valence-corrected chi connectivity index (χ1v) is 3.04. The van der Waals surface area contributed by atoms with Crippen LogP contribution in [0.4, 0.5) is 0 Å². The summed E-state index contributed by atoms with van der Waals surface area (Å²) in [5, 5.41) is 8.41. The van der Waals surface area contributed by atoms with Gasteiger partial charge in [-0.2, -0.15) is 0 Å². The van der Waals surface area contributed by atoms with E-state index in [-0.39, 0.29) is 0 Å². The Labute approximate surface area is 53.6 Å². The summed E-state index contributed by atoms with van der Waals surface area (Å²) < 4.78 is 4.93. The van der Waals surface area contributed by atoms with Crippen molar-refractivity contribution in [2.75, 3.05) is 6.61 Å². The molecular weight excluding hydrogens is 120 g/mol. The van der Waals surface area contributed by atoms with Crippen molar-refractivity contribution in [3.8, 4) is 0 Å². The van der Waals surface area contributed by atoms with E-state index in [4.69, 9.17) is 9.84 Å². The fourth-order valence-electron chi connectivity index (χ4n) is 0.954. The Morgan fingerprint density at radius 2 is 2.44 bits per heavy atom. The van der Waals surface area contributed by atoms with Crippen molar-refractivity contribution in [3.63, 3.8) is 0 Å². The second-order valence-electron chi connectivity index (χ2n) is 2.50. The predicted octanol–water partition coefficient (Wildman–Crippen LogP) is 0.496. The molecule has 9 heavy (non-hydrogen) atoms. The maximum absolute atomic E-state index is 10.2. The number of rotatable bonds is 1. The molecule has 2 atom stereocenters. The number of aliphatic carboxylic acids is 1. The summed E-state index contributed by atoms with van der Waals surface area (Å²) in [6.45, 7) is 2.58. The average molecular weight is 130 g/mol. The number of hydrogen-bond acceptors (Lipinski definition) is 2. The summed E-state index contributed by atoms with van der Waals surface area (Å²) in [6.07, 6.45) is 0.120. The van der Waals surface area contributed by atoms with Crippen LogP contribution in [0.15, 0.2) is 0 Å². The number of carbonyl (C=O) groups is 1. The van der Waals surface area contributed by atoms with Crippen molar-refractivity contribution < 1.29 is 14.6 Å². The van der Waals surface area contributed by atoms with Gasteiger partial charge in [0.2, 0.25) is 0 Å². The molecule has 3 nitrogen and oxygen atoms in total. The molecule has 0 bridgehead atoms. The van der Waals surface area contributed by atoms with E-state index < -0.39 is 12.1 Å². The van der Waals surface area contributed by atoms with Gasteiger partial charge in [0, 0.05) is 0 Å². The van der Waals surface area contributed by atoms with Gasteiger partial charge in [0.25, 0.3) is 0 Å². The molecule has 1 saturated heterocycles. The monoisotopic (exact) mass is 130 g/mol. The van der Waals surface area contributed by atoms with E-state index in [0.717, 1.165) is 0 Å². The van der Waals surface area contributed by atoms with Gasteiger partial charge < -0.3 is 9.84 Å². The highest BCUT2D eigenvalue weighted by molar-refractivity contribution is 5.72. The van der Waals surface area contributed by atoms with Gasteiger partial charge in [-0.1, -0.05) is 6.92 Å². The number of carboxylic acid groups (broad SMARTS) is 1. The summed E-state index contributed by atoms with van der Waals surface area (Å²) in [4.78, 5) is 10.2. The second kappa shape index (κ2) is 2.35. The van der Waals surface area contributed by atoms with Crippen LogP contribution in [0, 0.1) is 5.92 Å². The molecule has 0 amide bonds. The zero-order valence-corrected chi connectivity index (χ0v) is 5.33. The van der Waals surface area contributed by atoms with E-state index in [0.29, 0.717) is 18.9 Å². The van der Waals surface area contributed by atoms with E-state index in [1.165, 1.54) is 0 Å². The lowest BCUT2D eigenvalue weighted by atomic mass is 10.1. The Bertz CT molecular complexity index is 121. The fraction of sp³-hybridized carbons (Fsp3) is 0.833. The first-order valence-electron chi connectivity index (χ1n) is 3.04. The van der Waals surface area contributed by atoms with Gasteiger partial charge in [0.15, 0.2) is 6.10 Å². The molecule has 0 spiro atoms. The van der Waals surface area contributed by atoms with Crippen LogP contribution in [0.2, 0.25) is 0 Å². The lowest BCUT2D eigenvalue weighted by Crippen LogP contribution is -2.17. The van der Waals surface area contributed by atoms with Gasteiger partial charge in [-0.3, -0.25) is 0 Å². The third-order valence-electron chi connectivity index (χ3n) is 1.47. The minimum atomic E-state index is -0.834. The first kappa shape index (κ1) is 6.55. The summed E-state index contributed by atoms with van der Waals surface area (Å²) in [7, 11) is 0. The van der Waals surface area contributed by atoms with E-state index in [1.54, 1.807) is 0 Å². The van der Waals surface area contributed by atoms with E-state index >= 15 is 0 Å². The lowest BCUT2D eigenvalue weighted by molar-refractivity contribution is -0.147. The molecule has 0 saturated carbocycles. The Balaban J connectivity index is 2.39. The molecule has 0 aromatic heterocycles. The molecule has 1 rings (SSSR count). The minimum Gasteiger partial charge on any atom is -0.479 e. The maximum Gasteiger partial charge on any atom is 0.332 e. The van der Waals surface area contributed by atoms with Crippen LogP contribution in [0.5, 0.6) is 0 Å². The van der Waals surface area contributed by atoms with Gasteiger partial charge in [0.05, 0.1) is 6.61 Å². The minimum absolute atomic E-state index is 0.408. The van der Waals surface area contributed by atoms with Crippen LogP contribution in [-0.2, 0) is 9.53 Å². The van der Waals surface area contributed by atoms with Gasteiger partial charge in [-0.05, 0) is 12.3 Å². The smallest absolute Gasteiger partial charge is 0.332 e. The zero-order chi connectivity index (χ0) is 6.85. The Kier molecular flexibility index (Phi) is 1.71. The Hall–Kier alpha value is -0.570. The maximum atomic E-state index is 10.2. The molecule has 3 heteroatoms. The van der Waals surface area contributed by atoms with E-state index in [9.17, 15) is 4.79 Å². The van der Waals surface area contributed by atoms with Gasteiger partial charge >= 0.3 is 5.97 Å². The molecule has 1 fully saturated rings. The summed E-state index contributed by atoms with van der Waals surface area (Å²) in [5.74, 6) is -0.426. The number of hydrogen-bond donors (Lipinski definition) is 1. The molecule has 0 aromatic carbocycles. The average Bonchev–Trinajstić information content (AvgIpc) is 2.14. The molecule has 0 aliphatic carbocycles. The van der Waals surface area contributed by atoms with Crippen LogP contribution < -0.4 is 0 Å². The van der Waals surface area contributed by atoms with Gasteiger partial charge in [0.1, 0.15) is 0 Å². The van der Waals surface area contributed by atoms with E-state index in [2.05, 4.69) is 0 Å². The summed E-state index contributed by atoms with van der Waals surface area (Å²) in [5.41, 5.74) is 0. The standard InChI is InChI=1S/C6H10O3/c1-4-2-5(6(7)8)9-3-4/h4-5H,2-3H2,1H3,(H,7,8)/t4-,5?/m0/s1. The molecule has 1 aliphatic heterocycles.